The molecule has 3 rings (SSSR count). The van der Waals surface area contributed by atoms with Gasteiger partial charge in [-0.15, -0.1) is 5.10 Å². The number of hydrogen-bond donors (Lipinski definition) is 0. The summed E-state index contributed by atoms with van der Waals surface area (Å²) in [6.07, 6.45) is 4.92. The van der Waals surface area contributed by atoms with Gasteiger partial charge in [-0.1, -0.05) is 23.4 Å². The Kier molecular flexibility index (Phi) is 3.59. The molecule has 0 aliphatic heterocycles. The second-order valence-corrected chi connectivity index (χ2v) is 4.49. The zero-order valence-electron chi connectivity index (χ0n) is 11.6. The number of para-hydroxylation sites is 1. The lowest BCUT2D eigenvalue weighted by Gasteiger charge is -2.11. The molecule has 0 atom stereocenters. The van der Waals surface area contributed by atoms with Crippen molar-refractivity contribution in [1.82, 2.24) is 20.0 Å². The van der Waals surface area contributed by atoms with Crippen LogP contribution in [-0.2, 0) is 11.3 Å². The van der Waals surface area contributed by atoms with Crippen molar-refractivity contribution in [3.8, 4) is 0 Å². The van der Waals surface area contributed by atoms with Crippen molar-refractivity contribution in [2.45, 2.75) is 13.5 Å². The molecule has 0 aliphatic rings. The topological polar surface area (TPSA) is 69.9 Å². The van der Waals surface area contributed by atoms with Gasteiger partial charge in [0, 0.05) is 17.8 Å². The minimum absolute atomic E-state index is 0.328. The van der Waals surface area contributed by atoms with Crippen LogP contribution < -0.4 is 0 Å². The van der Waals surface area contributed by atoms with E-state index in [9.17, 15) is 4.79 Å². The Morgan fingerprint density at radius 3 is 2.95 bits per heavy atom. The van der Waals surface area contributed by atoms with Crippen molar-refractivity contribution in [3.63, 3.8) is 0 Å². The van der Waals surface area contributed by atoms with Crippen molar-refractivity contribution in [2.24, 2.45) is 0 Å². The van der Waals surface area contributed by atoms with Gasteiger partial charge in [-0.3, -0.25) is 4.98 Å². The number of carbonyl (C=O) groups excluding carboxylic acids is 1. The molecule has 0 saturated carbocycles. The van der Waals surface area contributed by atoms with E-state index in [1.165, 1.54) is 0 Å². The highest BCUT2D eigenvalue weighted by atomic mass is 16.5. The lowest BCUT2D eigenvalue weighted by atomic mass is 10.0. The van der Waals surface area contributed by atoms with Crippen LogP contribution in [0.5, 0.6) is 0 Å². The highest BCUT2D eigenvalue weighted by molar-refractivity contribution is 5.97. The molecule has 0 fully saturated rings. The van der Waals surface area contributed by atoms with Crippen LogP contribution in [0.3, 0.4) is 0 Å². The first-order chi connectivity index (χ1) is 10.3. The summed E-state index contributed by atoms with van der Waals surface area (Å²) in [5.74, 6) is -0.370. The Morgan fingerprint density at radius 2 is 2.19 bits per heavy atom. The molecule has 2 aromatic heterocycles. The average molecular weight is 282 g/mol. The minimum atomic E-state index is -0.370. The lowest BCUT2D eigenvalue weighted by molar-refractivity contribution is 0.0524. The number of esters is 1. The Labute approximate surface area is 121 Å². The quantitative estimate of drug-likeness (QED) is 0.685. The van der Waals surface area contributed by atoms with E-state index >= 15 is 0 Å². The van der Waals surface area contributed by atoms with Gasteiger partial charge in [-0.25, -0.2) is 9.48 Å². The molecule has 0 N–H and O–H groups in total. The molecule has 0 radical (unpaired) electrons. The third kappa shape index (κ3) is 2.60. The van der Waals surface area contributed by atoms with Gasteiger partial charge in [0.2, 0.25) is 0 Å². The molecule has 6 nitrogen and oxygen atoms in total. The fraction of sp³-hybridized carbons (Fsp3) is 0.200. The van der Waals surface area contributed by atoms with Crippen molar-refractivity contribution >= 4 is 16.9 Å². The van der Waals surface area contributed by atoms with Crippen molar-refractivity contribution in [1.29, 1.82) is 0 Å². The van der Waals surface area contributed by atoms with Gasteiger partial charge in [0.1, 0.15) is 0 Å². The second kappa shape index (κ2) is 5.70. The fourth-order valence-electron chi connectivity index (χ4n) is 2.23. The first-order valence-corrected chi connectivity index (χ1v) is 6.67. The molecule has 106 valence electrons. The maximum atomic E-state index is 12.1. The average Bonchev–Trinajstić information content (AvgIpc) is 3.01. The monoisotopic (exact) mass is 282 g/mol. The number of aromatic nitrogens is 4. The largest absolute Gasteiger partial charge is 0.462 e. The molecule has 6 heteroatoms. The van der Waals surface area contributed by atoms with Crippen LogP contribution in [0.2, 0.25) is 0 Å². The van der Waals surface area contributed by atoms with E-state index in [-0.39, 0.29) is 5.97 Å². The predicted octanol–water partition coefficient (Wildman–Crippen LogP) is 2.05. The number of pyridine rings is 1. The number of ether oxygens (including phenoxy) is 1. The van der Waals surface area contributed by atoms with E-state index in [0.717, 1.165) is 16.5 Å². The molecule has 1 aromatic carbocycles. The van der Waals surface area contributed by atoms with E-state index in [1.54, 1.807) is 30.2 Å². The Balaban J connectivity index is 2.15. The summed E-state index contributed by atoms with van der Waals surface area (Å²) in [6, 6.07) is 7.69. The number of benzene rings is 1. The summed E-state index contributed by atoms with van der Waals surface area (Å²) in [5.41, 5.74) is 2.14. The van der Waals surface area contributed by atoms with Gasteiger partial charge in [-0.05, 0) is 18.6 Å². The summed E-state index contributed by atoms with van der Waals surface area (Å²) < 4.78 is 6.78. The molecular formula is C15H14N4O2. The summed E-state index contributed by atoms with van der Waals surface area (Å²) in [4.78, 5) is 16.5. The van der Waals surface area contributed by atoms with Crippen LogP contribution in [0, 0.1) is 0 Å². The zero-order valence-corrected chi connectivity index (χ0v) is 11.6. The van der Waals surface area contributed by atoms with Crippen LogP contribution in [0.25, 0.3) is 10.9 Å². The molecule has 0 aliphatic carbocycles. The first kappa shape index (κ1) is 13.2. The summed E-state index contributed by atoms with van der Waals surface area (Å²) in [5, 5.41) is 8.66. The van der Waals surface area contributed by atoms with Gasteiger partial charge >= 0.3 is 5.97 Å². The van der Waals surface area contributed by atoms with E-state index in [2.05, 4.69) is 15.3 Å². The molecule has 0 saturated heterocycles. The van der Waals surface area contributed by atoms with Crippen LogP contribution in [0.4, 0.5) is 0 Å². The fourth-order valence-corrected chi connectivity index (χ4v) is 2.23. The van der Waals surface area contributed by atoms with Crippen molar-refractivity contribution < 1.29 is 9.53 Å². The molecule has 0 bridgehead atoms. The number of nitrogens with zero attached hydrogens (tertiary/aromatic N) is 4. The Hall–Kier alpha value is -2.76. The smallest absolute Gasteiger partial charge is 0.340 e. The van der Waals surface area contributed by atoms with Crippen LogP contribution in [0.15, 0.2) is 42.9 Å². The summed E-state index contributed by atoms with van der Waals surface area (Å²) >= 11 is 0. The molecule has 21 heavy (non-hydrogen) atoms. The van der Waals surface area contributed by atoms with Crippen LogP contribution >= 0.6 is 0 Å². The Bertz CT molecular complexity index is 768. The molecule has 2 heterocycles. The van der Waals surface area contributed by atoms with E-state index in [1.807, 2.05) is 24.3 Å². The van der Waals surface area contributed by atoms with Crippen molar-refractivity contribution in [2.75, 3.05) is 6.61 Å². The van der Waals surface area contributed by atoms with Crippen molar-refractivity contribution in [3.05, 3.63) is 54.0 Å². The third-order valence-corrected chi connectivity index (χ3v) is 3.17. The summed E-state index contributed by atoms with van der Waals surface area (Å²) in [6.45, 7) is 2.55. The first-order valence-electron chi connectivity index (χ1n) is 6.67. The van der Waals surface area contributed by atoms with E-state index in [4.69, 9.17) is 4.74 Å². The number of hydrogen-bond acceptors (Lipinski definition) is 5. The highest BCUT2D eigenvalue weighted by Gasteiger charge is 2.16. The molecule has 3 aromatic rings. The Morgan fingerprint density at radius 1 is 1.33 bits per heavy atom. The van der Waals surface area contributed by atoms with Gasteiger partial charge in [0.15, 0.2) is 0 Å². The normalized spacial score (nSPS) is 10.7. The number of carbonyl (C=O) groups is 1. The van der Waals surface area contributed by atoms with E-state index < -0.39 is 0 Å². The van der Waals surface area contributed by atoms with Gasteiger partial charge < -0.3 is 4.74 Å². The lowest BCUT2D eigenvalue weighted by Crippen LogP contribution is -2.12. The molecule has 0 amide bonds. The predicted molar refractivity (Wildman–Crippen MR) is 76.8 cm³/mol. The maximum Gasteiger partial charge on any atom is 0.340 e. The highest BCUT2D eigenvalue weighted by Crippen LogP contribution is 2.22. The standard InChI is InChI=1S/C15H14N4O2/c1-2-21-15(20)12-9-16-14-6-4-3-5-11(14)13(12)10-19-8-7-17-18-19/h3-9H,2,10H2,1H3. The zero-order chi connectivity index (χ0) is 14.7. The van der Waals surface area contributed by atoms with Gasteiger partial charge in [-0.2, -0.15) is 0 Å². The maximum absolute atomic E-state index is 12.1. The SMILES string of the molecule is CCOC(=O)c1cnc2ccccc2c1Cn1ccnn1. The van der Waals surface area contributed by atoms with E-state index in [0.29, 0.717) is 18.7 Å². The summed E-state index contributed by atoms with van der Waals surface area (Å²) in [7, 11) is 0. The van der Waals surface area contributed by atoms with Crippen LogP contribution in [-0.4, -0.2) is 32.6 Å². The molecule has 0 unspecified atom stereocenters. The van der Waals surface area contributed by atoms with Gasteiger partial charge in [0.05, 0.1) is 30.4 Å². The second-order valence-electron chi connectivity index (χ2n) is 4.49. The van der Waals surface area contributed by atoms with Gasteiger partial charge in [0.25, 0.3) is 0 Å². The molecule has 0 spiro atoms. The number of fused-ring (bicyclic) bond motifs is 1. The molecular weight excluding hydrogens is 268 g/mol. The van der Waals surface area contributed by atoms with Crippen LogP contribution in [0.1, 0.15) is 22.8 Å². The minimum Gasteiger partial charge on any atom is -0.462 e. The number of rotatable bonds is 4. The third-order valence-electron chi connectivity index (χ3n) is 3.17.